The van der Waals surface area contributed by atoms with Crippen LogP contribution >= 0.6 is 0 Å². The number of para-hydroxylation sites is 2. The molecule has 0 atom stereocenters. The standard InChI is InChI=1S/C25H28N2.C25H19N.4C2H6/c1-3-4-11-22(16-15-20(2)17-18-26)27-19-21-10-8-9-12-23(21)24-13-6-5-7-14-25(24)27;1-2-18-10-9-17-25(20-12-4-3-11-19(18)20)26-23-15-7-5-13-21(23)22-14-6-8-16-24(22)26;4*1-2/h4,6-16,18,26H,3,5,17,19H2,1-2H3;2-9,11-17H,1,10H2;4*1-2H3/b11-4?,20-15+,22-16+,26-18?;;;;;. The van der Waals surface area contributed by atoms with Gasteiger partial charge < -0.3 is 14.9 Å². The van der Waals surface area contributed by atoms with Gasteiger partial charge in [-0.15, -0.1) is 0 Å². The lowest BCUT2D eigenvalue weighted by Crippen LogP contribution is -2.29. The number of nitrogens with one attached hydrogen (secondary N) is 1. The van der Waals surface area contributed by atoms with Gasteiger partial charge in [-0.25, -0.2) is 0 Å². The molecular weight excluding hydrogens is 739 g/mol. The fraction of sp³-hybridized carbons (Fsp3) is 0.259. The highest BCUT2D eigenvalue weighted by Gasteiger charge is 2.24. The molecule has 3 heteroatoms. The van der Waals surface area contributed by atoms with Crippen LogP contribution in [0.3, 0.4) is 0 Å². The van der Waals surface area contributed by atoms with Gasteiger partial charge in [0, 0.05) is 45.9 Å². The second-order valence-electron chi connectivity index (χ2n) is 13.5. The molecule has 0 fully saturated rings. The first-order chi connectivity index (χ1) is 30.1. The molecule has 1 N–H and O–H groups in total. The Morgan fingerprint density at radius 3 is 1.89 bits per heavy atom. The van der Waals surface area contributed by atoms with Crippen LogP contribution in [0.15, 0.2) is 187 Å². The molecular formula is C58H71N3. The van der Waals surface area contributed by atoms with Crippen LogP contribution in [-0.4, -0.2) is 15.7 Å². The van der Waals surface area contributed by atoms with Crippen molar-refractivity contribution in [2.45, 2.75) is 101 Å². The van der Waals surface area contributed by atoms with E-state index in [0.717, 1.165) is 25.8 Å². The average molecular weight is 810 g/mol. The molecule has 1 aromatic heterocycles. The molecule has 1 aliphatic heterocycles. The second kappa shape index (κ2) is 26.8. The zero-order valence-electron chi connectivity index (χ0n) is 38.8. The zero-order valence-corrected chi connectivity index (χ0v) is 38.8. The SMILES string of the molecule is C=CC1=c2ccccc2=C(n2c3ccccc3c3ccccc32)C=CC1.CC.CC.CC.CC.CCC=C/C(=C\C=C(/C)CC=N)N1Cc2ccccc2C2=C1C=CCC=C2. The predicted molar refractivity (Wildman–Crippen MR) is 273 cm³/mol. The van der Waals surface area contributed by atoms with Crippen molar-refractivity contribution < 1.29 is 0 Å². The van der Waals surface area contributed by atoms with Gasteiger partial charge in [0.15, 0.2) is 0 Å². The van der Waals surface area contributed by atoms with E-state index in [1.165, 1.54) is 83.4 Å². The van der Waals surface area contributed by atoms with E-state index in [1.54, 1.807) is 0 Å². The van der Waals surface area contributed by atoms with Crippen LogP contribution < -0.4 is 10.4 Å². The van der Waals surface area contributed by atoms with Crippen molar-refractivity contribution in [3.05, 3.63) is 209 Å². The first kappa shape index (κ1) is 49.2. The largest absolute Gasteiger partial charge is 0.336 e. The van der Waals surface area contributed by atoms with Gasteiger partial charge in [0.25, 0.3) is 0 Å². The number of nitrogens with zero attached hydrogens (tertiary/aromatic N) is 2. The molecule has 0 radical (unpaired) electrons. The lowest BCUT2D eigenvalue weighted by Gasteiger charge is -2.34. The molecule has 0 unspecified atom stereocenters. The van der Waals surface area contributed by atoms with Crippen molar-refractivity contribution in [2.75, 3.05) is 0 Å². The molecule has 3 nitrogen and oxygen atoms in total. The molecule has 3 aliphatic rings. The Bertz CT molecular complexity index is 2490. The van der Waals surface area contributed by atoms with Gasteiger partial charge in [0.1, 0.15) is 0 Å². The van der Waals surface area contributed by atoms with Crippen molar-refractivity contribution in [3.63, 3.8) is 0 Å². The van der Waals surface area contributed by atoms with E-state index in [9.17, 15) is 0 Å². The minimum Gasteiger partial charge on any atom is -0.336 e. The molecule has 0 bridgehead atoms. The summed E-state index contributed by atoms with van der Waals surface area (Å²) in [5, 5.41) is 12.4. The number of allylic oxidation sites excluding steroid dienone is 13. The van der Waals surface area contributed by atoms with E-state index in [2.05, 4.69) is 188 Å². The van der Waals surface area contributed by atoms with E-state index in [-0.39, 0.29) is 0 Å². The van der Waals surface area contributed by atoms with Crippen LogP contribution in [0.25, 0.3) is 38.6 Å². The molecule has 8 rings (SSSR count). The summed E-state index contributed by atoms with van der Waals surface area (Å²) in [6.07, 6.45) is 29.3. The van der Waals surface area contributed by atoms with E-state index >= 15 is 0 Å². The van der Waals surface area contributed by atoms with E-state index in [4.69, 9.17) is 5.41 Å². The Balaban J connectivity index is 0.000000280. The fourth-order valence-electron chi connectivity index (χ4n) is 7.47. The monoisotopic (exact) mass is 810 g/mol. The Hall–Kier alpha value is -6.19. The molecule has 0 saturated heterocycles. The van der Waals surface area contributed by atoms with Crippen molar-refractivity contribution in [2.24, 2.45) is 0 Å². The summed E-state index contributed by atoms with van der Waals surface area (Å²) < 4.78 is 2.39. The smallest absolute Gasteiger partial charge is 0.0541 e. The number of benzene rings is 4. The van der Waals surface area contributed by atoms with Crippen molar-refractivity contribution in [1.82, 2.24) is 9.47 Å². The Morgan fingerprint density at radius 1 is 0.672 bits per heavy atom. The highest BCUT2D eigenvalue weighted by molar-refractivity contribution is 6.10. The summed E-state index contributed by atoms with van der Waals surface area (Å²) in [7, 11) is 0. The summed E-state index contributed by atoms with van der Waals surface area (Å²) in [5.41, 5.74) is 12.6. The van der Waals surface area contributed by atoms with Crippen LogP contribution in [0, 0.1) is 5.41 Å². The maximum atomic E-state index is 7.32. The number of rotatable bonds is 8. The summed E-state index contributed by atoms with van der Waals surface area (Å²) in [6.45, 7) is 25.1. The summed E-state index contributed by atoms with van der Waals surface area (Å²) in [4.78, 5) is 2.41. The van der Waals surface area contributed by atoms with Gasteiger partial charge in [0.2, 0.25) is 0 Å². The van der Waals surface area contributed by atoms with Crippen LogP contribution in [-0.2, 0) is 6.54 Å². The third-order valence-corrected chi connectivity index (χ3v) is 10.1. The highest BCUT2D eigenvalue weighted by Crippen LogP contribution is 2.37. The quantitative estimate of drug-likeness (QED) is 0.123. The molecule has 318 valence electrons. The summed E-state index contributed by atoms with van der Waals surface area (Å²) in [5.74, 6) is 0. The number of fused-ring (bicyclic) bond motifs is 6. The minimum absolute atomic E-state index is 0.695. The predicted octanol–water partition coefficient (Wildman–Crippen LogP) is 15.4. The van der Waals surface area contributed by atoms with Gasteiger partial charge >= 0.3 is 0 Å². The topological polar surface area (TPSA) is 32.0 Å². The number of hydrogen-bond donors (Lipinski definition) is 1. The normalized spacial score (nSPS) is 13.9. The summed E-state index contributed by atoms with van der Waals surface area (Å²) >= 11 is 0. The second-order valence-corrected chi connectivity index (χ2v) is 13.5. The molecule has 61 heavy (non-hydrogen) atoms. The van der Waals surface area contributed by atoms with Crippen LogP contribution in [0.1, 0.15) is 106 Å². The van der Waals surface area contributed by atoms with Crippen LogP contribution in [0.4, 0.5) is 0 Å². The van der Waals surface area contributed by atoms with Crippen molar-refractivity contribution >= 4 is 44.9 Å². The Morgan fingerprint density at radius 2 is 1.25 bits per heavy atom. The molecule has 2 heterocycles. The molecule has 0 amide bonds. The van der Waals surface area contributed by atoms with Crippen LogP contribution in [0.2, 0.25) is 0 Å². The lowest BCUT2D eigenvalue weighted by molar-refractivity contribution is 0.441. The van der Waals surface area contributed by atoms with Crippen molar-refractivity contribution in [1.29, 1.82) is 5.41 Å². The zero-order chi connectivity index (χ0) is 44.6. The Labute approximate surface area is 368 Å². The van der Waals surface area contributed by atoms with Gasteiger partial charge in [0.05, 0.1) is 16.7 Å². The maximum Gasteiger partial charge on any atom is 0.0541 e. The average Bonchev–Trinajstić information content (AvgIpc) is 3.46. The number of aromatic nitrogens is 1. The highest BCUT2D eigenvalue weighted by atomic mass is 15.2. The van der Waals surface area contributed by atoms with E-state index in [1.807, 2.05) is 61.5 Å². The first-order valence-electron chi connectivity index (χ1n) is 22.7. The number of hydrogen-bond acceptors (Lipinski definition) is 2. The maximum absolute atomic E-state index is 7.32. The van der Waals surface area contributed by atoms with Crippen molar-refractivity contribution in [3.8, 4) is 0 Å². The van der Waals surface area contributed by atoms with E-state index < -0.39 is 0 Å². The third kappa shape index (κ3) is 12.0. The molecule has 5 aromatic rings. The van der Waals surface area contributed by atoms with Crippen LogP contribution in [0.5, 0.6) is 0 Å². The Kier molecular flexibility index (Phi) is 21.6. The van der Waals surface area contributed by atoms with Gasteiger partial charge in [-0.2, -0.15) is 0 Å². The first-order valence-corrected chi connectivity index (χ1v) is 22.7. The summed E-state index contributed by atoms with van der Waals surface area (Å²) in [6, 6.07) is 34.7. The van der Waals surface area contributed by atoms with Gasteiger partial charge in [-0.3, -0.25) is 0 Å². The van der Waals surface area contributed by atoms with Gasteiger partial charge in [-0.05, 0) is 90.8 Å². The lowest BCUT2D eigenvalue weighted by atomic mass is 9.92. The fourth-order valence-corrected chi connectivity index (χ4v) is 7.47. The third-order valence-electron chi connectivity index (χ3n) is 10.1. The molecule has 4 aromatic carbocycles. The minimum atomic E-state index is 0.695. The van der Waals surface area contributed by atoms with E-state index in [0.29, 0.717) is 6.42 Å². The molecule has 0 spiro atoms. The van der Waals surface area contributed by atoms with Gasteiger partial charge in [-0.1, -0.05) is 202 Å². The molecule has 0 saturated carbocycles. The molecule has 2 aliphatic carbocycles.